The van der Waals surface area contributed by atoms with Crippen LogP contribution >= 0.6 is 0 Å². The van der Waals surface area contributed by atoms with E-state index in [0.29, 0.717) is 26.4 Å². The van der Waals surface area contributed by atoms with Crippen molar-refractivity contribution in [3.63, 3.8) is 0 Å². The third-order valence-corrected chi connectivity index (χ3v) is 9.72. The predicted molar refractivity (Wildman–Crippen MR) is 202 cm³/mol. The van der Waals surface area contributed by atoms with Crippen LogP contribution in [0.4, 0.5) is 0 Å². The Bertz CT molecular complexity index is 1510. The SMILES string of the molecule is CCCCCCOc1c2c(c(OCCCCCC)c3ccccc13)=c1c(OCCCCCC)c3ccccc3c(OCCCCCC)c1=2. The molecule has 0 radical (unpaired) electrons. The predicted octanol–water partition coefficient (Wildman–Crippen LogP) is 12.7. The summed E-state index contributed by atoms with van der Waals surface area (Å²) in [5.74, 6) is 3.84. The summed E-state index contributed by atoms with van der Waals surface area (Å²) in [4.78, 5) is 0. The average molecular weight is 653 g/mol. The van der Waals surface area contributed by atoms with Crippen molar-refractivity contribution in [2.45, 2.75) is 130 Å². The Balaban J connectivity index is 1.76. The van der Waals surface area contributed by atoms with Gasteiger partial charge in [0, 0.05) is 42.4 Å². The van der Waals surface area contributed by atoms with Gasteiger partial charge in [0.2, 0.25) is 0 Å². The summed E-state index contributed by atoms with van der Waals surface area (Å²) in [5.41, 5.74) is 0. The van der Waals surface area contributed by atoms with Gasteiger partial charge in [-0.25, -0.2) is 0 Å². The zero-order valence-corrected chi connectivity index (χ0v) is 30.4. The fraction of sp³-hybridized carbons (Fsp3) is 0.545. The Morgan fingerprint density at radius 3 is 0.750 bits per heavy atom. The summed E-state index contributed by atoms with van der Waals surface area (Å²) in [5, 5.41) is 8.99. The molecule has 48 heavy (non-hydrogen) atoms. The lowest BCUT2D eigenvalue weighted by molar-refractivity contribution is 0.290. The standard InChI is InChI=1S/C44H60O4/c1-5-9-13-21-29-45-41-33-25-17-18-26-34(33)42(46-30-22-14-10-6-2)38-37(41)39-40(38)44(48-32-24-16-12-8-4)36-28-20-19-27-35(36)43(39)47-31-23-15-11-7-3/h17-20,25-28H,5-16,21-24,29-32H2,1-4H3. The number of benzene rings is 4. The Hall–Kier alpha value is -3.40. The first-order valence-electron chi connectivity index (χ1n) is 19.5. The molecular formula is C44H60O4. The molecule has 1 aliphatic rings. The molecule has 0 fully saturated rings. The van der Waals surface area contributed by atoms with Crippen LogP contribution in [0.15, 0.2) is 48.5 Å². The topological polar surface area (TPSA) is 36.9 Å². The van der Waals surface area contributed by atoms with Crippen LogP contribution < -0.4 is 18.9 Å². The largest absolute Gasteiger partial charge is 0.492 e. The normalized spacial score (nSPS) is 11.8. The highest BCUT2D eigenvalue weighted by Crippen LogP contribution is 2.47. The van der Waals surface area contributed by atoms with Gasteiger partial charge in [-0.1, -0.05) is 153 Å². The minimum Gasteiger partial charge on any atom is -0.492 e. The zero-order valence-electron chi connectivity index (χ0n) is 30.4. The summed E-state index contributed by atoms with van der Waals surface area (Å²) >= 11 is 0. The maximum absolute atomic E-state index is 6.84. The van der Waals surface area contributed by atoms with Gasteiger partial charge in [0.05, 0.1) is 26.4 Å². The minimum absolute atomic E-state index is 0.699. The van der Waals surface area contributed by atoms with Gasteiger partial charge < -0.3 is 18.9 Å². The Labute approximate surface area is 289 Å². The molecule has 4 aromatic carbocycles. The number of unbranched alkanes of at least 4 members (excludes halogenated alkanes) is 12. The van der Waals surface area contributed by atoms with Gasteiger partial charge in [-0.2, -0.15) is 0 Å². The molecule has 0 spiro atoms. The van der Waals surface area contributed by atoms with Crippen LogP contribution in [0.25, 0.3) is 21.5 Å². The lowest BCUT2D eigenvalue weighted by Gasteiger charge is -2.24. The molecular weight excluding hydrogens is 592 g/mol. The molecule has 260 valence electrons. The average Bonchev–Trinajstić information content (AvgIpc) is 3.11. The number of hydrogen-bond donors (Lipinski definition) is 0. The Kier molecular flexibility index (Phi) is 14.2. The molecule has 4 aromatic rings. The smallest absolute Gasteiger partial charge is 0.136 e. The fourth-order valence-electron chi connectivity index (χ4n) is 7.05. The summed E-state index contributed by atoms with van der Waals surface area (Å²) in [7, 11) is 0. The van der Waals surface area contributed by atoms with Gasteiger partial charge >= 0.3 is 0 Å². The highest BCUT2D eigenvalue weighted by Gasteiger charge is 2.26. The molecule has 0 heterocycles. The van der Waals surface area contributed by atoms with Crippen LogP contribution in [0.3, 0.4) is 0 Å². The second-order valence-electron chi connectivity index (χ2n) is 13.5. The van der Waals surface area contributed by atoms with E-state index in [1.165, 1.54) is 77.0 Å². The second-order valence-corrected chi connectivity index (χ2v) is 13.5. The molecule has 5 rings (SSSR count). The molecule has 4 heteroatoms. The molecule has 0 atom stereocenters. The molecule has 0 unspecified atom stereocenters. The summed E-state index contributed by atoms with van der Waals surface area (Å²) in [6.45, 7) is 11.8. The summed E-state index contributed by atoms with van der Waals surface area (Å²) < 4.78 is 27.3. The van der Waals surface area contributed by atoms with Gasteiger partial charge in [-0.05, 0) is 25.7 Å². The van der Waals surface area contributed by atoms with E-state index >= 15 is 0 Å². The van der Waals surface area contributed by atoms with Gasteiger partial charge in [-0.3, -0.25) is 0 Å². The molecule has 0 saturated heterocycles. The van der Waals surface area contributed by atoms with Crippen molar-refractivity contribution in [2.75, 3.05) is 26.4 Å². The molecule has 0 N–H and O–H groups in total. The fourth-order valence-corrected chi connectivity index (χ4v) is 7.05. The van der Waals surface area contributed by atoms with Crippen molar-refractivity contribution in [3.8, 4) is 23.0 Å². The highest BCUT2D eigenvalue weighted by molar-refractivity contribution is 5.98. The van der Waals surface area contributed by atoms with Crippen LogP contribution in [0.2, 0.25) is 0 Å². The molecule has 0 aliphatic heterocycles. The van der Waals surface area contributed by atoms with Crippen LogP contribution in [0.1, 0.15) is 130 Å². The third-order valence-electron chi connectivity index (χ3n) is 9.72. The third kappa shape index (κ3) is 8.24. The number of fused-ring (bicyclic) bond motifs is 4. The molecule has 0 saturated carbocycles. The lowest BCUT2D eigenvalue weighted by Crippen LogP contribution is -2.10. The second kappa shape index (κ2) is 19.0. The van der Waals surface area contributed by atoms with Crippen LogP contribution in [-0.2, 0) is 0 Å². The van der Waals surface area contributed by atoms with Crippen molar-refractivity contribution < 1.29 is 18.9 Å². The Morgan fingerprint density at radius 1 is 0.312 bits per heavy atom. The van der Waals surface area contributed by atoms with E-state index in [1.807, 2.05) is 0 Å². The van der Waals surface area contributed by atoms with E-state index in [0.717, 1.165) is 91.1 Å². The van der Waals surface area contributed by atoms with E-state index in [4.69, 9.17) is 18.9 Å². The van der Waals surface area contributed by atoms with Gasteiger partial charge in [-0.15, -0.1) is 0 Å². The van der Waals surface area contributed by atoms with Crippen molar-refractivity contribution in [1.29, 1.82) is 0 Å². The molecule has 4 nitrogen and oxygen atoms in total. The van der Waals surface area contributed by atoms with E-state index < -0.39 is 0 Å². The van der Waals surface area contributed by atoms with E-state index in [9.17, 15) is 0 Å². The van der Waals surface area contributed by atoms with Crippen molar-refractivity contribution in [3.05, 3.63) is 69.4 Å². The molecule has 1 aliphatic carbocycles. The monoisotopic (exact) mass is 652 g/mol. The van der Waals surface area contributed by atoms with Crippen LogP contribution in [0.5, 0.6) is 23.0 Å². The number of ether oxygens (including phenoxy) is 4. The zero-order chi connectivity index (χ0) is 33.6. The van der Waals surface area contributed by atoms with Crippen molar-refractivity contribution in [1.82, 2.24) is 0 Å². The first kappa shape index (κ1) is 35.9. The summed E-state index contributed by atoms with van der Waals surface area (Å²) in [6, 6.07) is 17.3. The van der Waals surface area contributed by atoms with Crippen molar-refractivity contribution in [2.24, 2.45) is 0 Å². The summed E-state index contributed by atoms with van der Waals surface area (Å²) in [6.07, 6.45) is 18.7. The van der Waals surface area contributed by atoms with E-state index in [2.05, 4.69) is 76.2 Å². The first-order chi connectivity index (χ1) is 23.8. The molecule has 0 aromatic heterocycles. The minimum atomic E-state index is 0.699. The first-order valence-corrected chi connectivity index (χ1v) is 19.5. The maximum atomic E-state index is 6.84. The van der Waals surface area contributed by atoms with Gasteiger partial charge in [0.1, 0.15) is 23.0 Å². The Morgan fingerprint density at radius 2 is 0.542 bits per heavy atom. The molecule has 0 bridgehead atoms. The number of hydrogen-bond acceptors (Lipinski definition) is 4. The van der Waals surface area contributed by atoms with Crippen LogP contribution in [0, 0.1) is 20.9 Å². The maximum Gasteiger partial charge on any atom is 0.136 e. The molecule has 0 amide bonds. The highest BCUT2D eigenvalue weighted by atomic mass is 16.5. The van der Waals surface area contributed by atoms with Crippen molar-refractivity contribution >= 4 is 21.5 Å². The van der Waals surface area contributed by atoms with Gasteiger partial charge in [0.15, 0.2) is 0 Å². The van der Waals surface area contributed by atoms with E-state index in [1.54, 1.807) is 0 Å². The van der Waals surface area contributed by atoms with Gasteiger partial charge in [0.25, 0.3) is 0 Å². The van der Waals surface area contributed by atoms with E-state index in [-0.39, 0.29) is 0 Å². The lowest BCUT2D eigenvalue weighted by atomic mass is 9.91. The van der Waals surface area contributed by atoms with Crippen LogP contribution in [-0.4, -0.2) is 26.4 Å². The number of rotatable bonds is 24. The quantitative estimate of drug-likeness (QED) is 0.0622.